The van der Waals surface area contributed by atoms with Gasteiger partial charge in [-0.1, -0.05) is 20.8 Å². The Morgan fingerprint density at radius 2 is 2.11 bits per heavy atom. The van der Waals surface area contributed by atoms with Crippen LogP contribution in [0.3, 0.4) is 0 Å². The van der Waals surface area contributed by atoms with Crippen molar-refractivity contribution in [3.8, 4) is 5.88 Å². The van der Waals surface area contributed by atoms with Crippen LogP contribution in [0.4, 0.5) is 5.95 Å². The summed E-state index contributed by atoms with van der Waals surface area (Å²) in [5.41, 5.74) is 0.890. The Morgan fingerprint density at radius 1 is 1.37 bits per heavy atom. The molecule has 0 fully saturated rings. The van der Waals surface area contributed by atoms with Gasteiger partial charge in [-0.05, 0) is 25.7 Å². The Bertz CT molecular complexity index is 385. The first-order valence-electron chi connectivity index (χ1n) is 6.86. The van der Waals surface area contributed by atoms with Gasteiger partial charge in [-0.25, -0.2) is 4.98 Å². The highest BCUT2D eigenvalue weighted by molar-refractivity contribution is 6.18. The van der Waals surface area contributed by atoms with Crippen LogP contribution in [-0.2, 0) is 0 Å². The number of nitrogens with one attached hydrogen (secondary N) is 1. The fraction of sp³-hybridized carbons (Fsp3) is 0.714. The molecule has 0 saturated carbocycles. The highest BCUT2D eigenvalue weighted by Crippen LogP contribution is 2.15. The minimum Gasteiger partial charge on any atom is -0.478 e. The van der Waals surface area contributed by atoms with E-state index in [4.69, 9.17) is 16.3 Å². The van der Waals surface area contributed by atoms with E-state index >= 15 is 0 Å². The van der Waals surface area contributed by atoms with Gasteiger partial charge in [0.2, 0.25) is 11.8 Å². The molecule has 5 heteroatoms. The van der Waals surface area contributed by atoms with E-state index in [1.807, 2.05) is 13.0 Å². The lowest BCUT2D eigenvalue weighted by Gasteiger charge is -2.18. The first-order valence-corrected chi connectivity index (χ1v) is 7.39. The number of hydrogen-bond acceptors (Lipinski definition) is 4. The van der Waals surface area contributed by atoms with Crippen molar-refractivity contribution in [3.05, 3.63) is 11.8 Å². The molecule has 0 aromatic carbocycles. The zero-order valence-electron chi connectivity index (χ0n) is 12.2. The van der Waals surface area contributed by atoms with Gasteiger partial charge in [-0.3, -0.25) is 0 Å². The van der Waals surface area contributed by atoms with Gasteiger partial charge in [0.1, 0.15) is 0 Å². The molecule has 0 saturated heterocycles. The Morgan fingerprint density at radius 3 is 2.68 bits per heavy atom. The normalized spacial score (nSPS) is 12.5. The zero-order chi connectivity index (χ0) is 14.3. The maximum Gasteiger partial charge on any atom is 0.226 e. The van der Waals surface area contributed by atoms with Crippen molar-refractivity contribution in [1.29, 1.82) is 0 Å². The van der Waals surface area contributed by atoms with Crippen molar-refractivity contribution < 1.29 is 4.74 Å². The summed E-state index contributed by atoms with van der Waals surface area (Å²) in [7, 11) is 0. The number of aryl methyl sites for hydroxylation is 1. The molecule has 1 atom stereocenters. The lowest BCUT2D eigenvalue weighted by Crippen LogP contribution is -2.24. The van der Waals surface area contributed by atoms with Crippen molar-refractivity contribution >= 4 is 17.5 Å². The van der Waals surface area contributed by atoms with Gasteiger partial charge in [-0.15, -0.1) is 11.6 Å². The van der Waals surface area contributed by atoms with Crippen LogP contribution in [0.15, 0.2) is 6.07 Å². The lowest BCUT2D eigenvalue weighted by atomic mass is 10.1. The summed E-state index contributed by atoms with van der Waals surface area (Å²) in [5.74, 6) is 2.34. The third-order valence-corrected chi connectivity index (χ3v) is 2.93. The maximum atomic E-state index is 5.98. The zero-order valence-corrected chi connectivity index (χ0v) is 13.0. The molecular weight excluding hydrogens is 262 g/mol. The number of rotatable bonds is 8. The first-order chi connectivity index (χ1) is 9.05. The van der Waals surface area contributed by atoms with Crippen LogP contribution in [0.2, 0.25) is 0 Å². The SMILES string of the molecule is CCCOc1cc(C)nc(NC(CCl)CC(C)C)n1. The number of halogens is 1. The van der Waals surface area contributed by atoms with Gasteiger partial charge in [0, 0.05) is 23.7 Å². The number of ether oxygens (including phenoxy) is 1. The third-order valence-electron chi connectivity index (χ3n) is 2.56. The molecule has 108 valence electrons. The average molecular weight is 286 g/mol. The van der Waals surface area contributed by atoms with Crippen molar-refractivity contribution in [2.45, 2.75) is 46.6 Å². The van der Waals surface area contributed by atoms with Crippen LogP contribution < -0.4 is 10.1 Å². The molecule has 1 unspecified atom stereocenters. The van der Waals surface area contributed by atoms with Crippen molar-refractivity contribution in [1.82, 2.24) is 9.97 Å². The number of anilines is 1. The molecule has 19 heavy (non-hydrogen) atoms. The number of nitrogens with zero attached hydrogens (tertiary/aromatic N) is 2. The molecule has 1 aromatic rings. The minimum absolute atomic E-state index is 0.183. The van der Waals surface area contributed by atoms with Gasteiger partial charge < -0.3 is 10.1 Å². The molecule has 0 aliphatic carbocycles. The highest BCUT2D eigenvalue weighted by Gasteiger charge is 2.12. The van der Waals surface area contributed by atoms with E-state index in [-0.39, 0.29) is 6.04 Å². The molecule has 4 nitrogen and oxygen atoms in total. The van der Waals surface area contributed by atoms with E-state index in [1.54, 1.807) is 0 Å². The van der Waals surface area contributed by atoms with Crippen LogP contribution in [0.5, 0.6) is 5.88 Å². The predicted octanol–water partition coefficient (Wildman–Crippen LogP) is 3.64. The highest BCUT2D eigenvalue weighted by atomic mass is 35.5. The van der Waals surface area contributed by atoms with Crippen molar-refractivity contribution in [2.75, 3.05) is 17.8 Å². The number of hydrogen-bond donors (Lipinski definition) is 1. The average Bonchev–Trinajstić information content (AvgIpc) is 2.34. The topological polar surface area (TPSA) is 47.0 Å². The lowest BCUT2D eigenvalue weighted by molar-refractivity contribution is 0.304. The second-order valence-corrected chi connectivity index (χ2v) is 5.45. The van der Waals surface area contributed by atoms with Gasteiger partial charge >= 0.3 is 0 Å². The predicted molar refractivity (Wildman–Crippen MR) is 80.1 cm³/mol. The standard InChI is InChI=1S/C14H24ClN3O/c1-5-6-19-13-8-11(4)16-14(18-13)17-12(9-15)7-10(2)3/h8,10,12H,5-7,9H2,1-4H3,(H,16,17,18). The van der Waals surface area contributed by atoms with Crippen LogP contribution in [0.1, 0.15) is 39.3 Å². The van der Waals surface area contributed by atoms with Crippen LogP contribution >= 0.6 is 11.6 Å². The Labute approximate surface area is 120 Å². The molecule has 1 N–H and O–H groups in total. The molecule has 0 aliphatic rings. The summed E-state index contributed by atoms with van der Waals surface area (Å²) in [5, 5.41) is 3.28. The van der Waals surface area contributed by atoms with Crippen LogP contribution in [0.25, 0.3) is 0 Å². The van der Waals surface area contributed by atoms with Crippen LogP contribution in [0, 0.1) is 12.8 Å². The van der Waals surface area contributed by atoms with E-state index in [0.29, 0.717) is 30.2 Å². The molecule has 0 spiro atoms. The summed E-state index contributed by atoms with van der Waals surface area (Å²) in [6, 6.07) is 2.03. The summed E-state index contributed by atoms with van der Waals surface area (Å²) < 4.78 is 5.55. The van der Waals surface area contributed by atoms with E-state index in [1.165, 1.54) is 0 Å². The minimum atomic E-state index is 0.183. The summed E-state index contributed by atoms with van der Waals surface area (Å²) >= 11 is 5.98. The van der Waals surface area contributed by atoms with E-state index in [2.05, 4.69) is 36.1 Å². The molecule has 1 aromatic heterocycles. The second kappa shape index (κ2) is 8.20. The molecule has 0 radical (unpaired) electrons. The molecule has 0 aliphatic heterocycles. The van der Waals surface area contributed by atoms with E-state index in [0.717, 1.165) is 18.5 Å². The molecule has 0 amide bonds. The molecule has 0 bridgehead atoms. The smallest absolute Gasteiger partial charge is 0.226 e. The Balaban J connectivity index is 2.73. The second-order valence-electron chi connectivity index (χ2n) is 5.14. The summed E-state index contributed by atoms with van der Waals surface area (Å²) in [4.78, 5) is 8.74. The largest absolute Gasteiger partial charge is 0.478 e. The molecule has 1 heterocycles. The fourth-order valence-corrected chi connectivity index (χ4v) is 2.00. The van der Waals surface area contributed by atoms with Gasteiger partial charge in [0.05, 0.1) is 6.61 Å². The first kappa shape index (κ1) is 16.0. The van der Waals surface area contributed by atoms with Crippen LogP contribution in [-0.4, -0.2) is 28.5 Å². The number of alkyl halides is 1. The Kier molecular flexibility index (Phi) is 6.92. The van der Waals surface area contributed by atoms with Gasteiger partial charge in [-0.2, -0.15) is 4.98 Å². The fourth-order valence-electron chi connectivity index (χ4n) is 1.80. The molecule has 1 rings (SSSR count). The molecular formula is C14H24ClN3O. The summed E-state index contributed by atoms with van der Waals surface area (Å²) in [6.07, 6.45) is 1.95. The van der Waals surface area contributed by atoms with E-state index in [9.17, 15) is 0 Å². The van der Waals surface area contributed by atoms with Crippen molar-refractivity contribution in [3.63, 3.8) is 0 Å². The van der Waals surface area contributed by atoms with Gasteiger partial charge in [0.25, 0.3) is 0 Å². The van der Waals surface area contributed by atoms with Crippen molar-refractivity contribution in [2.24, 2.45) is 5.92 Å². The number of aromatic nitrogens is 2. The Hall–Kier alpha value is -1.03. The quantitative estimate of drug-likeness (QED) is 0.741. The third kappa shape index (κ3) is 6.10. The maximum absolute atomic E-state index is 5.98. The monoisotopic (exact) mass is 285 g/mol. The van der Waals surface area contributed by atoms with E-state index < -0.39 is 0 Å². The van der Waals surface area contributed by atoms with Gasteiger partial charge in [0.15, 0.2) is 0 Å². The summed E-state index contributed by atoms with van der Waals surface area (Å²) in [6.45, 7) is 9.02.